The summed E-state index contributed by atoms with van der Waals surface area (Å²) in [5, 5.41) is 12.1. The number of benzene rings is 1. The zero-order valence-corrected chi connectivity index (χ0v) is 10.7. The first-order chi connectivity index (χ1) is 8.33. The number of carbonyl (C=O) groups is 2. The van der Waals surface area contributed by atoms with Crippen LogP contribution in [-0.4, -0.2) is 29.1 Å². The third-order valence-corrected chi connectivity index (χ3v) is 3.12. The van der Waals surface area contributed by atoms with Gasteiger partial charge in [0.05, 0.1) is 22.5 Å². The van der Waals surface area contributed by atoms with Crippen LogP contribution in [0.25, 0.3) is 0 Å². The Morgan fingerprint density at radius 3 is 2.61 bits per heavy atom. The molecule has 0 atom stereocenters. The number of aromatic carboxylic acids is 1. The van der Waals surface area contributed by atoms with Gasteiger partial charge in [0.2, 0.25) is 5.91 Å². The molecule has 0 aromatic heterocycles. The predicted molar refractivity (Wildman–Crippen MR) is 69.1 cm³/mol. The summed E-state index contributed by atoms with van der Waals surface area (Å²) < 4.78 is 0. The van der Waals surface area contributed by atoms with E-state index in [1.807, 2.05) is 13.8 Å². The molecule has 0 unspecified atom stereocenters. The van der Waals surface area contributed by atoms with Crippen LogP contribution in [-0.2, 0) is 4.79 Å². The summed E-state index contributed by atoms with van der Waals surface area (Å²) >= 11 is 0. The zero-order chi connectivity index (χ0) is 13.5. The van der Waals surface area contributed by atoms with Crippen molar-refractivity contribution in [2.24, 2.45) is 0 Å². The van der Waals surface area contributed by atoms with E-state index in [4.69, 9.17) is 5.11 Å². The van der Waals surface area contributed by atoms with E-state index in [0.717, 1.165) is 5.69 Å². The minimum atomic E-state index is -0.973. The fraction of sp³-hybridized carbons (Fsp3) is 0.385. The molecule has 1 heterocycles. The third kappa shape index (κ3) is 1.92. The number of carboxylic acid groups (broad SMARTS) is 1. The Bertz CT molecular complexity index is 523. The Morgan fingerprint density at radius 1 is 1.39 bits per heavy atom. The van der Waals surface area contributed by atoms with Crippen molar-refractivity contribution in [3.05, 3.63) is 23.8 Å². The number of hydrogen-bond acceptors (Lipinski definition) is 3. The zero-order valence-electron chi connectivity index (χ0n) is 10.7. The smallest absolute Gasteiger partial charge is 0.335 e. The summed E-state index contributed by atoms with van der Waals surface area (Å²) in [7, 11) is 0. The van der Waals surface area contributed by atoms with Gasteiger partial charge in [0.15, 0.2) is 0 Å². The number of anilines is 2. The topological polar surface area (TPSA) is 69.6 Å². The van der Waals surface area contributed by atoms with Crippen LogP contribution in [0.4, 0.5) is 11.4 Å². The molecule has 0 spiro atoms. The van der Waals surface area contributed by atoms with Crippen molar-refractivity contribution in [1.82, 2.24) is 0 Å². The summed E-state index contributed by atoms with van der Waals surface area (Å²) in [5.41, 5.74) is 1.29. The molecule has 0 bridgehead atoms. The van der Waals surface area contributed by atoms with E-state index in [1.54, 1.807) is 17.0 Å². The molecule has 96 valence electrons. The molecule has 0 saturated heterocycles. The standard InChI is InChI=1S/C13H16N2O3/c1-8(16)15-11-5-4-9(12(17)18)6-10(11)14-7-13(15,2)3/h4-6,14H,7H2,1-3H3,(H,17,18). The minimum absolute atomic E-state index is 0.0502. The van der Waals surface area contributed by atoms with Crippen LogP contribution in [0, 0.1) is 0 Å². The van der Waals surface area contributed by atoms with Crippen LogP contribution in [0.2, 0.25) is 0 Å². The first kappa shape index (κ1) is 12.4. The lowest BCUT2D eigenvalue weighted by Crippen LogP contribution is -2.54. The lowest BCUT2D eigenvalue weighted by Gasteiger charge is -2.43. The molecule has 5 nitrogen and oxygen atoms in total. The monoisotopic (exact) mass is 248 g/mol. The summed E-state index contributed by atoms with van der Waals surface area (Å²) in [5.74, 6) is -1.02. The Balaban J connectivity index is 2.53. The van der Waals surface area contributed by atoms with Crippen molar-refractivity contribution in [2.45, 2.75) is 26.3 Å². The number of nitrogens with one attached hydrogen (secondary N) is 1. The average Bonchev–Trinajstić information content (AvgIpc) is 2.26. The van der Waals surface area contributed by atoms with Crippen molar-refractivity contribution >= 4 is 23.3 Å². The normalized spacial score (nSPS) is 16.7. The Hall–Kier alpha value is -2.04. The lowest BCUT2D eigenvalue weighted by molar-refractivity contribution is -0.117. The number of amides is 1. The van der Waals surface area contributed by atoms with E-state index < -0.39 is 5.97 Å². The maximum atomic E-state index is 11.8. The van der Waals surface area contributed by atoms with Gasteiger partial charge in [-0.25, -0.2) is 4.79 Å². The SMILES string of the molecule is CC(=O)N1c2ccc(C(=O)O)cc2NCC1(C)C. The molecule has 0 fully saturated rings. The first-order valence-corrected chi connectivity index (χ1v) is 5.75. The Kier molecular flexibility index (Phi) is 2.77. The average molecular weight is 248 g/mol. The van der Waals surface area contributed by atoms with Crippen LogP contribution < -0.4 is 10.2 Å². The van der Waals surface area contributed by atoms with Crippen molar-refractivity contribution in [3.8, 4) is 0 Å². The molecule has 18 heavy (non-hydrogen) atoms. The van der Waals surface area contributed by atoms with Crippen LogP contribution in [0.5, 0.6) is 0 Å². The van der Waals surface area contributed by atoms with Crippen LogP contribution in [0.3, 0.4) is 0 Å². The molecule has 0 saturated carbocycles. The molecule has 2 N–H and O–H groups in total. The molecular formula is C13H16N2O3. The molecule has 5 heteroatoms. The molecule has 1 aliphatic rings. The Labute approximate surface area is 105 Å². The largest absolute Gasteiger partial charge is 0.478 e. The fourth-order valence-electron chi connectivity index (χ4n) is 2.32. The van der Waals surface area contributed by atoms with Gasteiger partial charge < -0.3 is 15.3 Å². The number of fused-ring (bicyclic) bond motifs is 1. The number of nitrogens with zero attached hydrogens (tertiary/aromatic N) is 1. The van der Waals surface area contributed by atoms with Gasteiger partial charge in [0.25, 0.3) is 0 Å². The highest BCUT2D eigenvalue weighted by atomic mass is 16.4. The van der Waals surface area contributed by atoms with E-state index in [0.29, 0.717) is 12.2 Å². The van der Waals surface area contributed by atoms with Gasteiger partial charge >= 0.3 is 5.97 Å². The van der Waals surface area contributed by atoms with E-state index in [2.05, 4.69) is 5.32 Å². The number of carbonyl (C=O) groups excluding carboxylic acids is 1. The van der Waals surface area contributed by atoms with Gasteiger partial charge in [-0.2, -0.15) is 0 Å². The van der Waals surface area contributed by atoms with E-state index >= 15 is 0 Å². The summed E-state index contributed by atoms with van der Waals surface area (Å²) in [4.78, 5) is 24.4. The van der Waals surface area contributed by atoms with Crippen molar-refractivity contribution in [3.63, 3.8) is 0 Å². The molecule has 1 amide bonds. The molecule has 0 radical (unpaired) electrons. The van der Waals surface area contributed by atoms with Crippen LogP contribution >= 0.6 is 0 Å². The third-order valence-electron chi connectivity index (χ3n) is 3.12. The van der Waals surface area contributed by atoms with Gasteiger partial charge in [0, 0.05) is 13.5 Å². The maximum absolute atomic E-state index is 11.8. The van der Waals surface area contributed by atoms with Crippen molar-refractivity contribution in [1.29, 1.82) is 0 Å². The second kappa shape index (κ2) is 4.01. The second-order valence-corrected chi connectivity index (χ2v) is 5.06. The van der Waals surface area contributed by atoms with Crippen LogP contribution in [0.1, 0.15) is 31.1 Å². The van der Waals surface area contributed by atoms with Gasteiger partial charge in [-0.3, -0.25) is 4.79 Å². The second-order valence-electron chi connectivity index (χ2n) is 5.06. The molecule has 1 aromatic rings. The van der Waals surface area contributed by atoms with E-state index in [1.165, 1.54) is 13.0 Å². The lowest BCUT2D eigenvalue weighted by atomic mass is 9.96. The summed E-state index contributed by atoms with van der Waals surface area (Å²) in [6.45, 7) is 6.04. The van der Waals surface area contributed by atoms with Gasteiger partial charge in [0.1, 0.15) is 0 Å². The van der Waals surface area contributed by atoms with Crippen molar-refractivity contribution < 1.29 is 14.7 Å². The maximum Gasteiger partial charge on any atom is 0.335 e. The van der Waals surface area contributed by atoms with E-state index in [-0.39, 0.29) is 17.0 Å². The predicted octanol–water partition coefficient (Wildman–Crippen LogP) is 1.94. The summed E-state index contributed by atoms with van der Waals surface area (Å²) in [6, 6.07) is 4.75. The number of hydrogen-bond donors (Lipinski definition) is 2. The number of rotatable bonds is 1. The molecular weight excluding hydrogens is 232 g/mol. The van der Waals surface area contributed by atoms with Gasteiger partial charge in [-0.05, 0) is 32.0 Å². The quantitative estimate of drug-likeness (QED) is 0.797. The highest BCUT2D eigenvalue weighted by Gasteiger charge is 2.35. The Morgan fingerprint density at radius 2 is 2.06 bits per heavy atom. The van der Waals surface area contributed by atoms with E-state index in [9.17, 15) is 9.59 Å². The molecule has 2 rings (SSSR count). The first-order valence-electron chi connectivity index (χ1n) is 5.75. The molecule has 1 aromatic carbocycles. The fourth-order valence-corrected chi connectivity index (χ4v) is 2.32. The van der Waals surface area contributed by atoms with Crippen LogP contribution in [0.15, 0.2) is 18.2 Å². The molecule has 1 aliphatic heterocycles. The highest BCUT2D eigenvalue weighted by molar-refractivity contribution is 5.99. The van der Waals surface area contributed by atoms with Crippen molar-refractivity contribution in [2.75, 3.05) is 16.8 Å². The van der Waals surface area contributed by atoms with Gasteiger partial charge in [-0.1, -0.05) is 0 Å². The number of carboxylic acids is 1. The van der Waals surface area contributed by atoms with Gasteiger partial charge in [-0.15, -0.1) is 0 Å². The minimum Gasteiger partial charge on any atom is -0.478 e. The highest BCUT2D eigenvalue weighted by Crippen LogP contribution is 2.36. The summed E-state index contributed by atoms with van der Waals surface area (Å²) in [6.07, 6.45) is 0. The molecule has 0 aliphatic carbocycles.